The molecule has 2 amide bonds. The van der Waals surface area contributed by atoms with Gasteiger partial charge in [-0.3, -0.25) is 9.59 Å². The molecule has 3 aromatic rings. The number of rotatable bonds is 12. The smallest absolute Gasteiger partial charge is 0.243 e. The third kappa shape index (κ3) is 8.76. The zero-order valence-corrected chi connectivity index (χ0v) is 22.2. The van der Waals surface area contributed by atoms with Crippen LogP contribution in [0.25, 0.3) is 0 Å². The zero-order chi connectivity index (χ0) is 26.8. The highest BCUT2D eigenvalue weighted by Gasteiger charge is 2.24. The van der Waals surface area contributed by atoms with Crippen LogP contribution in [0.4, 0.5) is 0 Å². The molecule has 1 unspecified atom stereocenters. The molecule has 3 rings (SSSR count). The van der Waals surface area contributed by atoms with Crippen molar-refractivity contribution in [1.29, 1.82) is 0 Å². The van der Waals surface area contributed by atoms with Crippen LogP contribution in [0.15, 0.2) is 66.7 Å². The minimum atomic E-state index is -0.862. The van der Waals surface area contributed by atoms with E-state index in [0.717, 1.165) is 28.0 Å². The van der Waals surface area contributed by atoms with E-state index in [9.17, 15) is 9.59 Å². The summed E-state index contributed by atoms with van der Waals surface area (Å²) < 4.78 is 5.45. The molecule has 0 fully saturated rings. The Hall–Kier alpha value is -3.10. The van der Waals surface area contributed by atoms with Crippen LogP contribution in [0.2, 0.25) is 10.0 Å². The zero-order valence-electron chi connectivity index (χ0n) is 20.7. The lowest BCUT2D eigenvalue weighted by molar-refractivity contribution is -0.129. The predicted molar refractivity (Wildman–Crippen MR) is 148 cm³/mol. The van der Waals surface area contributed by atoms with Crippen LogP contribution in [0.5, 0.6) is 5.75 Å². The summed E-state index contributed by atoms with van der Waals surface area (Å²) in [6.45, 7) is 3.23. The van der Waals surface area contributed by atoms with E-state index in [-0.39, 0.29) is 12.3 Å². The molecule has 9 heteroatoms. The lowest BCUT2D eigenvalue weighted by Crippen LogP contribution is -2.52. The Labute approximate surface area is 227 Å². The Morgan fingerprint density at radius 3 is 2.08 bits per heavy atom. The molecule has 0 heterocycles. The van der Waals surface area contributed by atoms with Crippen molar-refractivity contribution in [2.24, 2.45) is 11.5 Å². The topological polar surface area (TPSA) is 119 Å². The Balaban J connectivity index is 1.68. The van der Waals surface area contributed by atoms with Gasteiger partial charge in [0.05, 0.1) is 22.7 Å². The molecule has 196 valence electrons. The van der Waals surface area contributed by atoms with E-state index in [1.54, 1.807) is 18.2 Å². The number of nitrogens with two attached hydrogens (primary N) is 2. The van der Waals surface area contributed by atoms with Crippen molar-refractivity contribution < 1.29 is 14.3 Å². The van der Waals surface area contributed by atoms with Crippen LogP contribution < -0.4 is 26.8 Å². The van der Waals surface area contributed by atoms with Crippen molar-refractivity contribution in [2.45, 2.75) is 44.9 Å². The molecule has 0 saturated carbocycles. The van der Waals surface area contributed by atoms with Gasteiger partial charge in [-0.15, -0.1) is 0 Å². The Kier molecular flexibility index (Phi) is 10.8. The summed E-state index contributed by atoms with van der Waals surface area (Å²) in [7, 11) is 0. The minimum Gasteiger partial charge on any atom is -0.494 e. The highest BCUT2D eigenvalue weighted by atomic mass is 35.5. The van der Waals surface area contributed by atoms with E-state index in [4.69, 9.17) is 39.4 Å². The Bertz CT molecular complexity index is 1190. The van der Waals surface area contributed by atoms with Gasteiger partial charge in [0, 0.05) is 19.5 Å². The first kappa shape index (κ1) is 28.5. The number of nitrogens with one attached hydrogen (secondary N) is 2. The summed E-state index contributed by atoms with van der Waals surface area (Å²) >= 11 is 12.2. The number of amides is 2. The van der Waals surface area contributed by atoms with E-state index < -0.39 is 18.0 Å². The van der Waals surface area contributed by atoms with E-state index in [0.29, 0.717) is 36.2 Å². The van der Waals surface area contributed by atoms with Crippen molar-refractivity contribution >= 4 is 35.0 Å². The molecule has 0 radical (unpaired) electrons. The molecular weight excluding hydrogens is 511 g/mol. The van der Waals surface area contributed by atoms with Crippen molar-refractivity contribution in [3.63, 3.8) is 0 Å². The van der Waals surface area contributed by atoms with Gasteiger partial charge < -0.3 is 26.8 Å². The molecule has 0 aliphatic heterocycles. The van der Waals surface area contributed by atoms with Crippen LogP contribution in [0.3, 0.4) is 0 Å². The van der Waals surface area contributed by atoms with Gasteiger partial charge in [-0.1, -0.05) is 65.7 Å². The average molecular weight is 543 g/mol. The Morgan fingerprint density at radius 1 is 0.838 bits per heavy atom. The quantitative estimate of drug-likeness (QED) is 0.277. The predicted octanol–water partition coefficient (Wildman–Crippen LogP) is 3.76. The molecule has 0 aromatic heterocycles. The molecule has 0 aliphatic rings. The van der Waals surface area contributed by atoms with Gasteiger partial charge in [0.2, 0.25) is 11.8 Å². The van der Waals surface area contributed by atoms with E-state index in [1.807, 2.05) is 55.5 Å². The van der Waals surface area contributed by atoms with Crippen molar-refractivity contribution in [3.05, 3.63) is 99.0 Å². The third-order valence-electron chi connectivity index (χ3n) is 5.81. The van der Waals surface area contributed by atoms with E-state index >= 15 is 0 Å². The van der Waals surface area contributed by atoms with Gasteiger partial charge in [0.15, 0.2) is 0 Å². The normalized spacial score (nSPS) is 12.5. The number of carbonyl (C=O) groups excluding carboxylic acids is 2. The molecule has 6 N–H and O–H groups in total. The van der Waals surface area contributed by atoms with Gasteiger partial charge in [-0.25, -0.2) is 0 Å². The SMILES string of the molecule is CCOc1ccc(CC(N)C(=O)N[C@@H](Cc2ccc(Cl)c(Cl)c2)C(=O)NCc2ccc(CN)cc2)cc1. The van der Waals surface area contributed by atoms with Crippen LogP contribution in [-0.4, -0.2) is 30.5 Å². The minimum absolute atomic E-state index is 0.219. The van der Waals surface area contributed by atoms with E-state index in [2.05, 4.69) is 10.6 Å². The number of benzene rings is 3. The van der Waals surface area contributed by atoms with E-state index in [1.165, 1.54) is 0 Å². The number of carbonyl (C=O) groups is 2. The fraction of sp³-hybridized carbons (Fsp3) is 0.286. The third-order valence-corrected chi connectivity index (χ3v) is 6.55. The maximum Gasteiger partial charge on any atom is 0.243 e. The first-order chi connectivity index (χ1) is 17.8. The molecule has 0 bridgehead atoms. The lowest BCUT2D eigenvalue weighted by Gasteiger charge is -2.21. The second-order valence-corrected chi connectivity index (χ2v) is 9.45. The fourth-order valence-electron chi connectivity index (χ4n) is 3.73. The summed E-state index contributed by atoms with van der Waals surface area (Å²) in [5.41, 5.74) is 15.4. The molecular formula is C28H32Cl2N4O3. The Morgan fingerprint density at radius 2 is 1.46 bits per heavy atom. The van der Waals surface area contributed by atoms with Gasteiger partial charge in [-0.2, -0.15) is 0 Å². The average Bonchev–Trinajstić information content (AvgIpc) is 2.90. The standard InChI is InChI=1S/C28H32Cl2N4O3/c1-2-37-22-10-7-18(8-11-22)14-25(32)27(35)34-26(15-21-9-12-23(29)24(30)13-21)28(36)33-17-20-5-3-19(16-31)4-6-20/h3-13,25-26H,2,14-17,31-32H2,1H3,(H,33,36)(H,34,35)/t25?,26-/m0/s1. The maximum absolute atomic E-state index is 13.2. The van der Waals surface area contributed by atoms with Crippen molar-refractivity contribution in [1.82, 2.24) is 10.6 Å². The highest BCUT2D eigenvalue weighted by Crippen LogP contribution is 2.23. The monoisotopic (exact) mass is 542 g/mol. The molecule has 0 spiro atoms. The van der Waals surface area contributed by atoms with Gasteiger partial charge in [0.1, 0.15) is 11.8 Å². The molecule has 37 heavy (non-hydrogen) atoms. The van der Waals surface area contributed by atoms with Crippen molar-refractivity contribution in [3.8, 4) is 5.75 Å². The number of hydrogen-bond donors (Lipinski definition) is 4. The lowest BCUT2D eigenvalue weighted by atomic mass is 10.0. The summed E-state index contributed by atoms with van der Waals surface area (Å²) in [6.07, 6.45) is 0.531. The highest BCUT2D eigenvalue weighted by molar-refractivity contribution is 6.42. The number of hydrogen-bond acceptors (Lipinski definition) is 5. The molecule has 2 atom stereocenters. The summed E-state index contributed by atoms with van der Waals surface area (Å²) in [6, 6.07) is 18.5. The van der Waals surface area contributed by atoms with Crippen LogP contribution in [-0.2, 0) is 35.5 Å². The molecule has 0 aliphatic carbocycles. The van der Waals surface area contributed by atoms with Gasteiger partial charge >= 0.3 is 0 Å². The maximum atomic E-state index is 13.2. The summed E-state index contributed by atoms with van der Waals surface area (Å²) in [5.74, 6) is -0.0164. The van der Waals surface area contributed by atoms with Gasteiger partial charge in [0.25, 0.3) is 0 Å². The second-order valence-electron chi connectivity index (χ2n) is 8.64. The first-order valence-corrected chi connectivity index (χ1v) is 12.8. The summed E-state index contributed by atoms with van der Waals surface area (Å²) in [4.78, 5) is 26.1. The number of halogens is 2. The largest absolute Gasteiger partial charge is 0.494 e. The number of ether oxygens (including phenoxy) is 1. The summed E-state index contributed by atoms with van der Waals surface area (Å²) in [5, 5.41) is 6.49. The second kappa shape index (κ2) is 14.0. The van der Waals surface area contributed by atoms with Gasteiger partial charge in [-0.05, 0) is 59.9 Å². The fourth-order valence-corrected chi connectivity index (χ4v) is 4.05. The van der Waals surface area contributed by atoms with Crippen LogP contribution in [0, 0.1) is 0 Å². The first-order valence-electron chi connectivity index (χ1n) is 12.1. The van der Waals surface area contributed by atoms with Crippen LogP contribution >= 0.6 is 23.2 Å². The molecule has 3 aromatic carbocycles. The van der Waals surface area contributed by atoms with Crippen LogP contribution in [0.1, 0.15) is 29.2 Å². The molecule has 0 saturated heterocycles. The van der Waals surface area contributed by atoms with Crippen molar-refractivity contribution in [2.75, 3.05) is 6.61 Å². The molecule has 7 nitrogen and oxygen atoms in total.